The molecule has 0 spiro atoms. The van der Waals surface area contributed by atoms with Crippen LogP contribution in [0.15, 0.2) is 12.3 Å². The molecule has 2 nitrogen and oxygen atoms in total. The zero-order chi connectivity index (χ0) is 18.8. The van der Waals surface area contributed by atoms with E-state index in [9.17, 15) is 0 Å². The second-order valence-corrected chi connectivity index (χ2v) is 10.5. The molecule has 2 rings (SSSR count). The standard InChI is InChI=1S/C22H37ClN2/c1-15(2)20-19(23)18(12-13-24-20)25-17-10-8-16(9-11-17)22(6,7)14-21(3,4)5/h12-13,15-17H,8-11,14H2,1-7H3,(H,24,25)/t16-,17+. The predicted octanol–water partition coefficient (Wildman–Crippen LogP) is 7.29. The fourth-order valence-corrected chi connectivity index (χ4v) is 5.11. The summed E-state index contributed by atoms with van der Waals surface area (Å²) in [5, 5.41) is 4.49. The van der Waals surface area contributed by atoms with Gasteiger partial charge in [-0.2, -0.15) is 0 Å². The molecule has 0 atom stereocenters. The van der Waals surface area contributed by atoms with Crippen molar-refractivity contribution in [3.05, 3.63) is 23.0 Å². The fourth-order valence-electron chi connectivity index (χ4n) is 4.72. The van der Waals surface area contributed by atoms with E-state index in [0.29, 0.717) is 22.8 Å². The summed E-state index contributed by atoms with van der Waals surface area (Å²) >= 11 is 6.57. The minimum Gasteiger partial charge on any atom is -0.381 e. The van der Waals surface area contributed by atoms with E-state index in [1.165, 1.54) is 32.1 Å². The van der Waals surface area contributed by atoms with Crippen LogP contribution in [0.5, 0.6) is 0 Å². The van der Waals surface area contributed by atoms with Gasteiger partial charge < -0.3 is 5.32 Å². The quantitative estimate of drug-likeness (QED) is 0.593. The molecule has 0 bridgehead atoms. The van der Waals surface area contributed by atoms with Gasteiger partial charge in [0.1, 0.15) is 0 Å². The van der Waals surface area contributed by atoms with Crippen molar-refractivity contribution in [3.63, 3.8) is 0 Å². The lowest BCUT2D eigenvalue weighted by atomic mass is 9.64. The molecule has 1 heterocycles. The highest BCUT2D eigenvalue weighted by Gasteiger charge is 2.36. The Morgan fingerprint density at radius 2 is 1.72 bits per heavy atom. The van der Waals surface area contributed by atoms with Crippen molar-refractivity contribution in [2.75, 3.05) is 5.32 Å². The number of hydrogen-bond acceptors (Lipinski definition) is 2. The minimum absolute atomic E-state index is 0.350. The van der Waals surface area contributed by atoms with E-state index in [-0.39, 0.29) is 0 Å². The first-order valence-electron chi connectivity index (χ1n) is 9.90. The van der Waals surface area contributed by atoms with Gasteiger partial charge in [0.25, 0.3) is 0 Å². The van der Waals surface area contributed by atoms with Gasteiger partial charge in [0.2, 0.25) is 0 Å². The summed E-state index contributed by atoms with van der Waals surface area (Å²) in [6.45, 7) is 16.3. The summed E-state index contributed by atoms with van der Waals surface area (Å²) in [7, 11) is 0. The molecule has 1 aromatic rings. The molecule has 0 aliphatic heterocycles. The zero-order valence-corrected chi connectivity index (χ0v) is 18.0. The Kier molecular flexibility index (Phi) is 6.46. The van der Waals surface area contributed by atoms with Gasteiger partial charge in [-0.05, 0) is 60.8 Å². The van der Waals surface area contributed by atoms with Crippen molar-refractivity contribution in [1.82, 2.24) is 4.98 Å². The molecule has 25 heavy (non-hydrogen) atoms. The average molecular weight is 365 g/mol. The summed E-state index contributed by atoms with van der Waals surface area (Å²) < 4.78 is 0. The predicted molar refractivity (Wildman–Crippen MR) is 111 cm³/mol. The Balaban J connectivity index is 1.96. The Bertz CT molecular complexity index is 564. The minimum atomic E-state index is 0.350. The topological polar surface area (TPSA) is 24.9 Å². The molecule has 1 N–H and O–H groups in total. The maximum atomic E-state index is 6.57. The zero-order valence-electron chi connectivity index (χ0n) is 17.2. The number of hydrogen-bond donors (Lipinski definition) is 1. The van der Waals surface area contributed by atoms with E-state index < -0.39 is 0 Å². The first-order chi connectivity index (χ1) is 11.5. The van der Waals surface area contributed by atoms with Gasteiger partial charge in [-0.1, -0.05) is 60.1 Å². The van der Waals surface area contributed by atoms with Crippen LogP contribution in [0.3, 0.4) is 0 Å². The first kappa shape index (κ1) is 20.6. The number of anilines is 1. The molecule has 0 saturated heterocycles. The number of nitrogens with zero attached hydrogens (tertiary/aromatic N) is 1. The van der Waals surface area contributed by atoms with Gasteiger partial charge in [-0.3, -0.25) is 4.98 Å². The SMILES string of the molecule is CC(C)c1nccc(N[C@H]2CC[C@@H](C(C)(C)CC(C)(C)C)CC2)c1Cl. The Morgan fingerprint density at radius 1 is 1.12 bits per heavy atom. The van der Waals surface area contributed by atoms with Crippen molar-refractivity contribution in [3.8, 4) is 0 Å². The second kappa shape index (κ2) is 7.86. The van der Waals surface area contributed by atoms with Crippen LogP contribution >= 0.6 is 11.6 Å². The smallest absolute Gasteiger partial charge is 0.0855 e. The number of aromatic nitrogens is 1. The van der Waals surface area contributed by atoms with Gasteiger partial charge in [0.15, 0.2) is 0 Å². The highest BCUT2D eigenvalue weighted by molar-refractivity contribution is 6.33. The normalized spacial score (nSPS) is 22.3. The van der Waals surface area contributed by atoms with Crippen LogP contribution < -0.4 is 5.32 Å². The van der Waals surface area contributed by atoms with E-state index in [2.05, 4.69) is 58.8 Å². The molecule has 3 heteroatoms. The van der Waals surface area contributed by atoms with Crippen LogP contribution in [0.4, 0.5) is 5.69 Å². The lowest BCUT2D eigenvalue weighted by Gasteiger charge is -2.43. The molecule has 0 amide bonds. The van der Waals surface area contributed by atoms with Gasteiger partial charge in [-0.25, -0.2) is 0 Å². The monoisotopic (exact) mass is 364 g/mol. The molecule has 0 unspecified atom stereocenters. The Labute approximate surface area is 160 Å². The van der Waals surface area contributed by atoms with Crippen LogP contribution in [0.1, 0.15) is 92.2 Å². The second-order valence-electron chi connectivity index (χ2n) is 10.1. The molecule has 1 aromatic heterocycles. The lowest BCUT2D eigenvalue weighted by Crippen LogP contribution is -2.35. The van der Waals surface area contributed by atoms with Crippen molar-refractivity contribution < 1.29 is 0 Å². The van der Waals surface area contributed by atoms with Crippen LogP contribution in [-0.2, 0) is 0 Å². The molecular formula is C22H37ClN2. The van der Waals surface area contributed by atoms with Crippen molar-refractivity contribution in [2.24, 2.45) is 16.7 Å². The molecule has 1 aliphatic rings. The van der Waals surface area contributed by atoms with E-state index in [1.54, 1.807) is 0 Å². The van der Waals surface area contributed by atoms with Gasteiger partial charge in [0.05, 0.1) is 16.4 Å². The number of rotatable bonds is 5. The van der Waals surface area contributed by atoms with E-state index in [4.69, 9.17) is 11.6 Å². The number of halogens is 1. The van der Waals surface area contributed by atoms with E-state index in [0.717, 1.165) is 22.3 Å². The molecule has 0 radical (unpaired) electrons. The summed E-state index contributed by atoms with van der Waals surface area (Å²) in [6, 6.07) is 2.55. The molecular weight excluding hydrogens is 328 g/mol. The van der Waals surface area contributed by atoms with E-state index >= 15 is 0 Å². The summed E-state index contributed by atoms with van der Waals surface area (Å²) in [5.74, 6) is 1.17. The van der Waals surface area contributed by atoms with E-state index in [1.807, 2.05) is 12.3 Å². The molecule has 1 saturated carbocycles. The average Bonchev–Trinajstić information content (AvgIpc) is 2.47. The third kappa shape index (κ3) is 5.61. The van der Waals surface area contributed by atoms with Gasteiger partial charge >= 0.3 is 0 Å². The number of nitrogens with one attached hydrogen (secondary N) is 1. The van der Waals surface area contributed by atoms with Crippen LogP contribution in [-0.4, -0.2) is 11.0 Å². The van der Waals surface area contributed by atoms with Crippen molar-refractivity contribution in [2.45, 2.75) is 92.5 Å². The largest absolute Gasteiger partial charge is 0.381 e. The fraction of sp³-hybridized carbons (Fsp3) is 0.773. The van der Waals surface area contributed by atoms with Crippen LogP contribution in [0, 0.1) is 16.7 Å². The summed E-state index contributed by atoms with van der Waals surface area (Å²) in [5.41, 5.74) is 2.86. The highest BCUT2D eigenvalue weighted by atomic mass is 35.5. The molecule has 0 aromatic carbocycles. The third-order valence-electron chi connectivity index (χ3n) is 5.64. The maximum Gasteiger partial charge on any atom is 0.0855 e. The van der Waals surface area contributed by atoms with Gasteiger partial charge in [0, 0.05) is 12.2 Å². The lowest BCUT2D eigenvalue weighted by molar-refractivity contribution is 0.0968. The Hall–Kier alpha value is -0.760. The third-order valence-corrected chi connectivity index (χ3v) is 6.04. The number of pyridine rings is 1. The molecule has 1 aliphatic carbocycles. The first-order valence-corrected chi connectivity index (χ1v) is 10.3. The maximum absolute atomic E-state index is 6.57. The highest BCUT2D eigenvalue weighted by Crippen LogP contribution is 2.45. The van der Waals surface area contributed by atoms with Crippen LogP contribution in [0.25, 0.3) is 0 Å². The summed E-state index contributed by atoms with van der Waals surface area (Å²) in [6.07, 6.45) is 8.24. The molecule has 142 valence electrons. The van der Waals surface area contributed by atoms with Gasteiger partial charge in [-0.15, -0.1) is 0 Å². The Morgan fingerprint density at radius 3 is 2.24 bits per heavy atom. The van der Waals surface area contributed by atoms with Crippen LogP contribution in [0.2, 0.25) is 5.02 Å². The summed E-state index contributed by atoms with van der Waals surface area (Å²) in [4.78, 5) is 4.44. The van der Waals surface area contributed by atoms with Crippen molar-refractivity contribution in [1.29, 1.82) is 0 Å². The van der Waals surface area contributed by atoms with Crippen molar-refractivity contribution >= 4 is 17.3 Å². The molecule has 1 fully saturated rings.